The van der Waals surface area contributed by atoms with E-state index in [9.17, 15) is 4.79 Å². The number of hydrogen-bond acceptors (Lipinski definition) is 2. The van der Waals surface area contributed by atoms with Crippen LogP contribution >= 0.6 is 0 Å². The largest absolute Gasteiger partial charge is 0.304 e. The molecule has 0 aromatic carbocycles. The third-order valence-corrected chi connectivity index (χ3v) is 4.87. The van der Waals surface area contributed by atoms with Crippen molar-refractivity contribution in [2.75, 3.05) is 0 Å². The first kappa shape index (κ1) is 14.0. The van der Waals surface area contributed by atoms with Crippen molar-refractivity contribution < 1.29 is 4.79 Å². The van der Waals surface area contributed by atoms with Gasteiger partial charge in [0, 0.05) is 12.5 Å². The number of piperidine rings is 1. The van der Waals surface area contributed by atoms with Gasteiger partial charge in [0.1, 0.15) is 5.78 Å². The summed E-state index contributed by atoms with van der Waals surface area (Å²) in [5.41, 5.74) is 0. The van der Waals surface area contributed by atoms with Crippen molar-refractivity contribution in [1.82, 2.24) is 5.32 Å². The number of rotatable bonds is 5. The number of nitrogens with one attached hydrogen (secondary N) is 1. The second kappa shape index (κ2) is 6.70. The van der Waals surface area contributed by atoms with Gasteiger partial charge in [-0.1, -0.05) is 39.5 Å². The number of fused-ring (bicyclic) bond motifs is 1. The molecule has 1 N–H and O–H groups in total. The maximum atomic E-state index is 12.3. The fourth-order valence-electron chi connectivity index (χ4n) is 3.83. The summed E-state index contributed by atoms with van der Waals surface area (Å²) in [5.74, 6) is 1.89. The summed E-state index contributed by atoms with van der Waals surface area (Å²) >= 11 is 0. The van der Waals surface area contributed by atoms with Crippen LogP contribution in [0.5, 0.6) is 0 Å². The molecule has 4 unspecified atom stereocenters. The Hall–Kier alpha value is -0.370. The zero-order valence-corrected chi connectivity index (χ0v) is 12.1. The molecule has 2 rings (SSSR count). The lowest BCUT2D eigenvalue weighted by Gasteiger charge is -2.40. The Kier molecular flexibility index (Phi) is 5.23. The molecule has 2 nitrogen and oxygen atoms in total. The highest BCUT2D eigenvalue weighted by atomic mass is 16.1. The summed E-state index contributed by atoms with van der Waals surface area (Å²) in [4.78, 5) is 12.3. The molecule has 2 aliphatic rings. The van der Waals surface area contributed by atoms with Crippen LogP contribution in [0.1, 0.15) is 71.6 Å². The van der Waals surface area contributed by atoms with Crippen LogP contribution in [0.3, 0.4) is 0 Å². The topological polar surface area (TPSA) is 29.1 Å². The molecule has 2 fully saturated rings. The van der Waals surface area contributed by atoms with Gasteiger partial charge in [0.2, 0.25) is 0 Å². The molecule has 0 amide bonds. The lowest BCUT2D eigenvalue weighted by molar-refractivity contribution is -0.123. The highest BCUT2D eigenvalue weighted by Gasteiger charge is 2.34. The molecule has 0 aromatic rings. The van der Waals surface area contributed by atoms with Crippen LogP contribution in [-0.4, -0.2) is 17.9 Å². The van der Waals surface area contributed by atoms with Crippen LogP contribution in [0.4, 0.5) is 0 Å². The number of carbonyl (C=O) groups is 1. The zero-order chi connectivity index (χ0) is 13.0. The van der Waals surface area contributed by atoms with Gasteiger partial charge < -0.3 is 5.32 Å². The van der Waals surface area contributed by atoms with Gasteiger partial charge in [-0.25, -0.2) is 0 Å². The van der Waals surface area contributed by atoms with Crippen LogP contribution < -0.4 is 5.32 Å². The van der Waals surface area contributed by atoms with Crippen molar-refractivity contribution in [1.29, 1.82) is 0 Å². The molecular weight excluding hydrogens is 222 g/mol. The number of hydrogen-bond donors (Lipinski definition) is 1. The minimum atomic E-state index is 0.170. The first-order chi connectivity index (χ1) is 8.70. The van der Waals surface area contributed by atoms with Gasteiger partial charge in [0.15, 0.2) is 0 Å². The van der Waals surface area contributed by atoms with Gasteiger partial charge in [-0.3, -0.25) is 4.79 Å². The maximum absolute atomic E-state index is 12.3. The predicted octanol–water partition coefficient (Wildman–Crippen LogP) is 3.69. The SMILES string of the molecule is CCCC(C)CC(=O)C1CCC2CCCCC2N1. The second-order valence-corrected chi connectivity index (χ2v) is 6.51. The van der Waals surface area contributed by atoms with E-state index in [1.54, 1.807) is 0 Å². The van der Waals surface area contributed by atoms with Gasteiger partial charge >= 0.3 is 0 Å². The molecule has 1 saturated carbocycles. The number of ketones is 1. The van der Waals surface area contributed by atoms with E-state index < -0.39 is 0 Å². The minimum absolute atomic E-state index is 0.170. The second-order valence-electron chi connectivity index (χ2n) is 6.51. The molecule has 1 saturated heterocycles. The van der Waals surface area contributed by atoms with Gasteiger partial charge in [-0.05, 0) is 37.5 Å². The molecule has 1 heterocycles. The van der Waals surface area contributed by atoms with Crippen molar-refractivity contribution >= 4 is 5.78 Å². The lowest BCUT2D eigenvalue weighted by atomic mass is 9.76. The van der Waals surface area contributed by atoms with E-state index in [1.165, 1.54) is 44.9 Å². The molecule has 0 aromatic heterocycles. The van der Waals surface area contributed by atoms with E-state index in [2.05, 4.69) is 19.2 Å². The van der Waals surface area contributed by atoms with Crippen molar-refractivity contribution in [3.8, 4) is 0 Å². The van der Waals surface area contributed by atoms with Crippen LogP contribution in [0.2, 0.25) is 0 Å². The Morgan fingerprint density at radius 3 is 2.78 bits per heavy atom. The molecule has 0 bridgehead atoms. The molecule has 0 radical (unpaired) electrons. The van der Waals surface area contributed by atoms with E-state index in [0.717, 1.165) is 18.8 Å². The average Bonchev–Trinajstić information content (AvgIpc) is 2.38. The molecular formula is C16H29NO. The molecule has 104 valence electrons. The normalized spacial score (nSPS) is 33.8. The molecule has 4 atom stereocenters. The highest BCUT2D eigenvalue weighted by molar-refractivity contribution is 5.84. The van der Waals surface area contributed by atoms with E-state index in [1.807, 2.05) is 0 Å². The van der Waals surface area contributed by atoms with E-state index in [-0.39, 0.29) is 6.04 Å². The average molecular weight is 251 g/mol. The van der Waals surface area contributed by atoms with Crippen LogP contribution in [0.15, 0.2) is 0 Å². The van der Waals surface area contributed by atoms with Crippen molar-refractivity contribution in [3.63, 3.8) is 0 Å². The Bertz CT molecular complexity index is 276. The fraction of sp³-hybridized carbons (Fsp3) is 0.938. The van der Waals surface area contributed by atoms with E-state index >= 15 is 0 Å². The summed E-state index contributed by atoms with van der Waals surface area (Å²) in [5, 5.41) is 3.65. The first-order valence-corrected chi connectivity index (χ1v) is 7.99. The number of carbonyl (C=O) groups excluding carboxylic acids is 1. The van der Waals surface area contributed by atoms with Gasteiger partial charge in [0.05, 0.1) is 6.04 Å². The smallest absolute Gasteiger partial charge is 0.150 e. The maximum Gasteiger partial charge on any atom is 0.150 e. The minimum Gasteiger partial charge on any atom is -0.304 e. The fourth-order valence-corrected chi connectivity index (χ4v) is 3.83. The standard InChI is InChI=1S/C16H29NO/c1-3-6-12(2)11-16(18)15-10-9-13-7-4-5-8-14(13)17-15/h12-15,17H,3-11H2,1-2H3. The summed E-state index contributed by atoms with van der Waals surface area (Å²) in [7, 11) is 0. The lowest BCUT2D eigenvalue weighted by Crippen LogP contribution is -2.52. The predicted molar refractivity (Wildman–Crippen MR) is 75.6 cm³/mol. The van der Waals surface area contributed by atoms with Crippen LogP contribution in [0.25, 0.3) is 0 Å². The third-order valence-electron chi connectivity index (χ3n) is 4.87. The van der Waals surface area contributed by atoms with Crippen LogP contribution in [-0.2, 0) is 4.79 Å². The molecule has 2 heteroatoms. The Labute approximate surface area is 112 Å². The summed E-state index contributed by atoms with van der Waals surface area (Å²) < 4.78 is 0. The van der Waals surface area contributed by atoms with Crippen molar-refractivity contribution in [2.45, 2.75) is 83.7 Å². The summed E-state index contributed by atoms with van der Waals surface area (Å²) in [6, 6.07) is 0.812. The van der Waals surface area contributed by atoms with Crippen molar-refractivity contribution in [2.24, 2.45) is 11.8 Å². The van der Waals surface area contributed by atoms with E-state index in [4.69, 9.17) is 0 Å². The summed E-state index contributed by atoms with van der Waals surface area (Å²) in [6.45, 7) is 4.42. The molecule has 18 heavy (non-hydrogen) atoms. The third kappa shape index (κ3) is 3.57. The first-order valence-electron chi connectivity index (χ1n) is 7.99. The van der Waals surface area contributed by atoms with Crippen LogP contribution in [0, 0.1) is 11.8 Å². The van der Waals surface area contributed by atoms with Crippen molar-refractivity contribution in [3.05, 3.63) is 0 Å². The van der Waals surface area contributed by atoms with Gasteiger partial charge in [-0.15, -0.1) is 0 Å². The monoisotopic (exact) mass is 251 g/mol. The number of Topliss-reactive ketones (excluding diaryl/α,β-unsaturated/α-hetero) is 1. The highest BCUT2D eigenvalue weighted by Crippen LogP contribution is 2.32. The molecule has 1 aliphatic carbocycles. The Morgan fingerprint density at radius 2 is 2.00 bits per heavy atom. The zero-order valence-electron chi connectivity index (χ0n) is 12.1. The van der Waals surface area contributed by atoms with Gasteiger partial charge in [-0.2, -0.15) is 0 Å². The van der Waals surface area contributed by atoms with Gasteiger partial charge in [0.25, 0.3) is 0 Å². The molecule has 1 aliphatic heterocycles. The quantitative estimate of drug-likeness (QED) is 0.807. The Balaban J connectivity index is 1.81. The molecule has 0 spiro atoms. The van der Waals surface area contributed by atoms with E-state index in [0.29, 0.717) is 17.7 Å². The Morgan fingerprint density at radius 1 is 1.22 bits per heavy atom. The summed E-state index contributed by atoms with van der Waals surface area (Å²) in [6.07, 6.45) is 10.9.